The third kappa shape index (κ3) is 4.30. The molecular formula is C23H29NO4. The average molecular weight is 383 g/mol. The summed E-state index contributed by atoms with van der Waals surface area (Å²) in [5, 5.41) is 0. The van der Waals surface area contributed by atoms with Crippen LogP contribution in [0.25, 0.3) is 0 Å². The van der Waals surface area contributed by atoms with E-state index in [0.29, 0.717) is 23.5 Å². The Kier molecular flexibility index (Phi) is 6.57. The fraction of sp³-hybridized carbons (Fsp3) is 0.435. The molecule has 2 aromatic rings. The largest absolute Gasteiger partial charge is 0.493 e. The molecule has 0 fully saturated rings. The van der Waals surface area contributed by atoms with E-state index in [2.05, 4.69) is 24.8 Å². The molecule has 2 aromatic carbocycles. The molecule has 5 heteroatoms. The molecule has 0 aliphatic heterocycles. The Morgan fingerprint density at radius 3 is 2.43 bits per heavy atom. The molecule has 150 valence electrons. The first-order chi connectivity index (χ1) is 13.6. The lowest BCUT2D eigenvalue weighted by Gasteiger charge is -2.18. The number of Topliss-reactive ketones (excluding diaryl/α,β-unsaturated/α-hetero) is 1. The molecule has 1 atom stereocenters. The third-order valence-electron chi connectivity index (χ3n) is 5.36. The van der Waals surface area contributed by atoms with Gasteiger partial charge in [-0.2, -0.15) is 0 Å². The molecular weight excluding hydrogens is 354 g/mol. The van der Waals surface area contributed by atoms with E-state index < -0.39 is 6.10 Å². The van der Waals surface area contributed by atoms with E-state index in [9.17, 15) is 4.79 Å². The van der Waals surface area contributed by atoms with Crippen LogP contribution in [0, 0.1) is 0 Å². The van der Waals surface area contributed by atoms with Gasteiger partial charge >= 0.3 is 0 Å². The Hall–Kier alpha value is -2.53. The minimum atomic E-state index is -0.509. The fourth-order valence-electron chi connectivity index (χ4n) is 3.65. The maximum absolute atomic E-state index is 12.8. The van der Waals surface area contributed by atoms with Crippen molar-refractivity contribution in [3.8, 4) is 17.2 Å². The van der Waals surface area contributed by atoms with Crippen molar-refractivity contribution in [3.05, 3.63) is 53.1 Å². The van der Waals surface area contributed by atoms with E-state index in [1.165, 1.54) is 5.56 Å². The predicted octanol–water partition coefficient (Wildman–Crippen LogP) is 3.77. The number of rotatable bonds is 9. The van der Waals surface area contributed by atoms with Gasteiger partial charge in [0.15, 0.2) is 17.6 Å². The monoisotopic (exact) mass is 383 g/mol. The van der Waals surface area contributed by atoms with Crippen molar-refractivity contribution in [2.24, 2.45) is 0 Å². The van der Waals surface area contributed by atoms with Crippen molar-refractivity contribution in [2.75, 3.05) is 33.9 Å². The number of likely N-dealkylation sites (N-methyl/N-ethyl adjacent to an activating group) is 1. The highest BCUT2D eigenvalue weighted by Crippen LogP contribution is 2.36. The van der Waals surface area contributed by atoms with Crippen LogP contribution in [0.2, 0.25) is 0 Å². The second-order valence-corrected chi connectivity index (χ2v) is 6.96. The zero-order valence-electron chi connectivity index (χ0n) is 17.2. The van der Waals surface area contributed by atoms with Gasteiger partial charge in [0, 0.05) is 18.5 Å². The van der Waals surface area contributed by atoms with Gasteiger partial charge in [-0.05, 0) is 54.9 Å². The lowest BCUT2D eigenvalue weighted by Crippen LogP contribution is -2.25. The summed E-state index contributed by atoms with van der Waals surface area (Å²) in [6, 6.07) is 11.7. The lowest BCUT2D eigenvalue weighted by molar-refractivity contribution is 0.0821. The van der Waals surface area contributed by atoms with Crippen LogP contribution in [0.3, 0.4) is 0 Å². The number of methoxy groups -OCH3 is 2. The van der Waals surface area contributed by atoms with Crippen LogP contribution in [-0.4, -0.2) is 50.6 Å². The molecule has 0 N–H and O–H groups in total. The molecule has 1 aliphatic carbocycles. The molecule has 0 radical (unpaired) electrons. The lowest BCUT2D eigenvalue weighted by atomic mass is 10.1. The predicted molar refractivity (Wildman–Crippen MR) is 110 cm³/mol. The summed E-state index contributed by atoms with van der Waals surface area (Å²) in [4.78, 5) is 15.2. The molecule has 1 unspecified atom stereocenters. The molecule has 5 nitrogen and oxygen atoms in total. The number of ketones is 1. The van der Waals surface area contributed by atoms with Gasteiger partial charge in [0.1, 0.15) is 5.75 Å². The molecule has 0 aromatic heterocycles. The van der Waals surface area contributed by atoms with Gasteiger partial charge in [0.05, 0.1) is 14.2 Å². The summed E-state index contributed by atoms with van der Waals surface area (Å²) in [6.45, 7) is 7.47. The van der Waals surface area contributed by atoms with E-state index in [1.54, 1.807) is 20.3 Å². The Balaban J connectivity index is 1.71. The normalized spacial score (nSPS) is 15.6. The second-order valence-electron chi connectivity index (χ2n) is 6.96. The molecule has 0 heterocycles. The van der Waals surface area contributed by atoms with Gasteiger partial charge in [-0.1, -0.05) is 26.0 Å². The van der Waals surface area contributed by atoms with Crippen molar-refractivity contribution < 1.29 is 19.0 Å². The van der Waals surface area contributed by atoms with Crippen molar-refractivity contribution in [1.29, 1.82) is 0 Å². The zero-order chi connectivity index (χ0) is 20.1. The molecule has 3 rings (SSSR count). The molecule has 0 spiro atoms. The summed E-state index contributed by atoms with van der Waals surface area (Å²) in [5.74, 6) is 1.92. The number of hydrogen-bond donors (Lipinski definition) is 0. The van der Waals surface area contributed by atoms with E-state index >= 15 is 0 Å². The first kappa shape index (κ1) is 20.2. The number of ether oxygens (including phenoxy) is 3. The van der Waals surface area contributed by atoms with Gasteiger partial charge in [-0.15, -0.1) is 0 Å². The SMILES string of the molecule is CCN(CC)CCc1cccc(OC2Cc3cc(OC)c(OC)cc3C2=O)c1. The Morgan fingerprint density at radius 2 is 1.75 bits per heavy atom. The van der Waals surface area contributed by atoms with Crippen LogP contribution in [0.4, 0.5) is 0 Å². The molecule has 28 heavy (non-hydrogen) atoms. The highest BCUT2D eigenvalue weighted by atomic mass is 16.5. The smallest absolute Gasteiger partial charge is 0.204 e. The highest BCUT2D eigenvalue weighted by Gasteiger charge is 2.33. The minimum Gasteiger partial charge on any atom is -0.493 e. The number of carbonyl (C=O) groups is 1. The van der Waals surface area contributed by atoms with Crippen molar-refractivity contribution in [3.63, 3.8) is 0 Å². The summed E-state index contributed by atoms with van der Waals surface area (Å²) >= 11 is 0. The van der Waals surface area contributed by atoms with E-state index in [0.717, 1.165) is 37.4 Å². The number of carbonyl (C=O) groups excluding carboxylic acids is 1. The highest BCUT2D eigenvalue weighted by molar-refractivity contribution is 6.04. The van der Waals surface area contributed by atoms with Gasteiger partial charge < -0.3 is 19.1 Å². The standard InChI is InChI=1S/C23H29NO4/c1-5-24(6-2)11-10-16-8-7-9-18(12-16)28-22-14-17-13-20(26-3)21(27-4)15-19(17)23(22)25/h7-9,12-13,15,22H,5-6,10-11,14H2,1-4H3. The van der Waals surface area contributed by atoms with E-state index in [-0.39, 0.29) is 5.78 Å². The van der Waals surface area contributed by atoms with Crippen LogP contribution >= 0.6 is 0 Å². The Labute approximate surface area is 167 Å². The van der Waals surface area contributed by atoms with Crippen LogP contribution in [0.5, 0.6) is 17.2 Å². The topological polar surface area (TPSA) is 48.0 Å². The fourth-order valence-corrected chi connectivity index (χ4v) is 3.65. The summed E-state index contributed by atoms with van der Waals surface area (Å²) < 4.78 is 16.7. The number of fused-ring (bicyclic) bond motifs is 1. The maximum Gasteiger partial charge on any atom is 0.204 e. The summed E-state index contributed by atoms with van der Waals surface area (Å²) in [5.41, 5.74) is 2.81. The number of benzene rings is 2. The van der Waals surface area contributed by atoms with Crippen LogP contribution in [0.15, 0.2) is 36.4 Å². The molecule has 0 saturated heterocycles. The van der Waals surface area contributed by atoms with Crippen LogP contribution in [-0.2, 0) is 12.8 Å². The number of hydrogen-bond acceptors (Lipinski definition) is 5. The van der Waals surface area contributed by atoms with E-state index in [1.807, 2.05) is 24.3 Å². The second kappa shape index (κ2) is 9.11. The van der Waals surface area contributed by atoms with Crippen LogP contribution < -0.4 is 14.2 Å². The van der Waals surface area contributed by atoms with Crippen molar-refractivity contribution in [2.45, 2.75) is 32.8 Å². The van der Waals surface area contributed by atoms with Crippen molar-refractivity contribution in [1.82, 2.24) is 4.90 Å². The molecule has 1 aliphatic rings. The van der Waals surface area contributed by atoms with Crippen molar-refractivity contribution >= 4 is 5.78 Å². The quantitative estimate of drug-likeness (QED) is 0.660. The maximum atomic E-state index is 12.8. The third-order valence-corrected chi connectivity index (χ3v) is 5.36. The zero-order valence-corrected chi connectivity index (χ0v) is 17.2. The first-order valence-electron chi connectivity index (χ1n) is 9.86. The number of nitrogens with zero attached hydrogens (tertiary/aromatic N) is 1. The molecule has 0 amide bonds. The van der Waals surface area contributed by atoms with Gasteiger partial charge in [0.25, 0.3) is 0 Å². The van der Waals surface area contributed by atoms with E-state index in [4.69, 9.17) is 14.2 Å². The average Bonchev–Trinajstić information content (AvgIpc) is 3.02. The summed E-state index contributed by atoms with van der Waals surface area (Å²) in [7, 11) is 3.17. The molecule has 0 saturated carbocycles. The Bertz CT molecular complexity index is 829. The first-order valence-corrected chi connectivity index (χ1v) is 9.86. The van der Waals surface area contributed by atoms with Gasteiger partial charge in [-0.3, -0.25) is 4.79 Å². The van der Waals surface area contributed by atoms with Crippen LogP contribution in [0.1, 0.15) is 35.3 Å². The van der Waals surface area contributed by atoms with Gasteiger partial charge in [0.2, 0.25) is 5.78 Å². The minimum absolute atomic E-state index is 0.00972. The Morgan fingerprint density at radius 1 is 1.04 bits per heavy atom. The van der Waals surface area contributed by atoms with Gasteiger partial charge in [-0.25, -0.2) is 0 Å². The molecule has 0 bridgehead atoms. The summed E-state index contributed by atoms with van der Waals surface area (Å²) in [6.07, 6.45) is 0.995.